The Morgan fingerprint density at radius 2 is 1.94 bits per heavy atom. The molecular weight excluding hydrogens is 220 g/mol. The molecule has 0 aliphatic carbocycles. The van der Waals surface area contributed by atoms with Crippen molar-refractivity contribution in [3.05, 3.63) is 30.1 Å². The first-order valence-corrected chi connectivity index (χ1v) is 5.67. The summed E-state index contributed by atoms with van der Waals surface area (Å²) in [5.41, 5.74) is 0.869. The van der Waals surface area contributed by atoms with E-state index < -0.39 is 0 Å². The molecule has 1 aromatic rings. The Kier molecular flexibility index (Phi) is 6.21. The summed E-state index contributed by atoms with van der Waals surface area (Å²) in [6.07, 6.45) is 2.61. The molecule has 0 atom stereocenters. The van der Waals surface area contributed by atoms with E-state index in [0.717, 1.165) is 5.69 Å². The lowest BCUT2D eigenvalue weighted by Gasteiger charge is -2.20. The Labute approximate surface area is 101 Å². The van der Waals surface area contributed by atoms with Crippen molar-refractivity contribution in [2.75, 3.05) is 26.3 Å². The molecule has 0 saturated heterocycles. The minimum atomic E-state index is -0.0880. The molecule has 17 heavy (non-hydrogen) atoms. The van der Waals surface area contributed by atoms with Gasteiger partial charge in [-0.05, 0) is 18.6 Å². The molecule has 0 aliphatic heterocycles. The third-order valence-corrected chi connectivity index (χ3v) is 2.41. The van der Waals surface area contributed by atoms with Gasteiger partial charge in [0.15, 0.2) is 0 Å². The number of nitrogens with zero attached hydrogens (tertiary/aromatic N) is 2. The molecule has 1 heterocycles. The van der Waals surface area contributed by atoms with E-state index >= 15 is 0 Å². The molecule has 0 aromatic carbocycles. The molecule has 0 spiro atoms. The van der Waals surface area contributed by atoms with Crippen LogP contribution in [0.15, 0.2) is 24.4 Å². The van der Waals surface area contributed by atoms with E-state index in [1.54, 1.807) is 6.20 Å². The molecule has 0 unspecified atom stereocenters. The highest BCUT2D eigenvalue weighted by Crippen LogP contribution is 2.01. The van der Waals surface area contributed by atoms with Crippen LogP contribution in [0.1, 0.15) is 12.1 Å². The maximum Gasteiger partial charge on any atom is 0.223 e. The number of carbonyl (C=O) groups excluding carboxylic acids is 1. The molecule has 5 nitrogen and oxygen atoms in total. The normalized spacial score (nSPS) is 10.2. The Morgan fingerprint density at radius 3 is 2.47 bits per heavy atom. The molecular formula is C12H18N2O3. The number of carbonyl (C=O) groups is 1. The van der Waals surface area contributed by atoms with E-state index in [-0.39, 0.29) is 32.2 Å². The summed E-state index contributed by atoms with van der Waals surface area (Å²) >= 11 is 0. The topological polar surface area (TPSA) is 73.7 Å². The molecule has 1 rings (SSSR count). The lowest BCUT2D eigenvalue weighted by atomic mass is 10.2. The van der Waals surface area contributed by atoms with Crippen LogP contribution in [0.3, 0.4) is 0 Å². The second kappa shape index (κ2) is 7.76. The summed E-state index contributed by atoms with van der Waals surface area (Å²) in [6.45, 7) is 0.355. The number of hydrogen-bond donors (Lipinski definition) is 2. The minimum absolute atomic E-state index is 0.0706. The SMILES string of the molecule is O=C(CCc1ccccn1)N(CCO)CCO. The van der Waals surface area contributed by atoms with Crippen LogP contribution >= 0.6 is 0 Å². The van der Waals surface area contributed by atoms with Crippen LogP contribution < -0.4 is 0 Å². The largest absolute Gasteiger partial charge is 0.395 e. The van der Waals surface area contributed by atoms with Crippen molar-refractivity contribution < 1.29 is 15.0 Å². The van der Waals surface area contributed by atoms with Crippen LogP contribution in [0.4, 0.5) is 0 Å². The molecule has 2 N–H and O–H groups in total. The van der Waals surface area contributed by atoms with E-state index in [4.69, 9.17) is 10.2 Å². The smallest absolute Gasteiger partial charge is 0.223 e. The number of rotatable bonds is 7. The number of aryl methyl sites for hydroxylation is 1. The van der Waals surface area contributed by atoms with E-state index in [1.165, 1.54) is 4.90 Å². The predicted molar refractivity (Wildman–Crippen MR) is 63.3 cm³/mol. The summed E-state index contributed by atoms with van der Waals surface area (Å²) in [5, 5.41) is 17.6. The van der Waals surface area contributed by atoms with E-state index in [0.29, 0.717) is 12.8 Å². The van der Waals surface area contributed by atoms with Crippen LogP contribution in [0, 0.1) is 0 Å². The summed E-state index contributed by atoms with van der Waals surface area (Å²) in [5.74, 6) is -0.0706. The first kappa shape index (κ1) is 13.6. The van der Waals surface area contributed by atoms with Crippen molar-refractivity contribution in [2.45, 2.75) is 12.8 Å². The van der Waals surface area contributed by atoms with Gasteiger partial charge in [-0.1, -0.05) is 6.07 Å². The zero-order valence-electron chi connectivity index (χ0n) is 9.75. The minimum Gasteiger partial charge on any atom is -0.395 e. The highest BCUT2D eigenvalue weighted by atomic mass is 16.3. The van der Waals surface area contributed by atoms with Crippen molar-refractivity contribution in [1.29, 1.82) is 0 Å². The van der Waals surface area contributed by atoms with Gasteiger partial charge in [0.2, 0.25) is 5.91 Å². The number of hydrogen-bond acceptors (Lipinski definition) is 4. The highest BCUT2D eigenvalue weighted by molar-refractivity contribution is 5.76. The highest BCUT2D eigenvalue weighted by Gasteiger charge is 2.12. The van der Waals surface area contributed by atoms with Crippen LogP contribution in [-0.2, 0) is 11.2 Å². The Morgan fingerprint density at radius 1 is 1.24 bits per heavy atom. The second-order valence-electron chi connectivity index (χ2n) is 3.65. The second-order valence-corrected chi connectivity index (χ2v) is 3.65. The van der Waals surface area contributed by atoms with Crippen molar-refractivity contribution in [1.82, 2.24) is 9.88 Å². The summed E-state index contributed by atoms with van der Waals surface area (Å²) in [4.78, 5) is 17.4. The number of aliphatic hydroxyl groups is 2. The van der Waals surface area contributed by atoms with Crippen molar-refractivity contribution >= 4 is 5.91 Å². The predicted octanol–water partition coefficient (Wildman–Crippen LogP) is -0.173. The lowest BCUT2D eigenvalue weighted by molar-refractivity contribution is -0.132. The van der Waals surface area contributed by atoms with Gasteiger partial charge in [0.1, 0.15) is 0 Å². The van der Waals surface area contributed by atoms with Crippen LogP contribution in [-0.4, -0.2) is 52.3 Å². The molecule has 0 saturated carbocycles. The van der Waals surface area contributed by atoms with Gasteiger partial charge in [-0.25, -0.2) is 0 Å². The average Bonchev–Trinajstić information content (AvgIpc) is 2.37. The first-order chi connectivity index (χ1) is 8.27. The van der Waals surface area contributed by atoms with Crippen molar-refractivity contribution in [3.8, 4) is 0 Å². The number of aromatic nitrogens is 1. The van der Waals surface area contributed by atoms with E-state index in [9.17, 15) is 4.79 Å². The third kappa shape index (κ3) is 4.93. The molecule has 1 amide bonds. The van der Waals surface area contributed by atoms with Crippen LogP contribution in [0.2, 0.25) is 0 Å². The molecule has 94 valence electrons. The van der Waals surface area contributed by atoms with Gasteiger partial charge in [0, 0.05) is 31.4 Å². The fourth-order valence-corrected chi connectivity index (χ4v) is 1.54. The number of pyridine rings is 1. The van der Waals surface area contributed by atoms with Gasteiger partial charge in [-0.3, -0.25) is 9.78 Å². The molecule has 0 bridgehead atoms. The maximum absolute atomic E-state index is 11.8. The zero-order chi connectivity index (χ0) is 12.5. The quantitative estimate of drug-likeness (QED) is 0.691. The third-order valence-electron chi connectivity index (χ3n) is 2.41. The van der Waals surface area contributed by atoms with E-state index in [1.807, 2.05) is 18.2 Å². The average molecular weight is 238 g/mol. The van der Waals surface area contributed by atoms with Gasteiger partial charge in [0.25, 0.3) is 0 Å². The number of aliphatic hydroxyl groups excluding tert-OH is 2. The summed E-state index contributed by atoms with van der Waals surface area (Å²) in [7, 11) is 0. The number of amides is 1. The summed E-state index contributed by atoms with van der Waals surface area (Å²) in [6, 6.07) is 5.58. The maximum atomic E-state index is 11.8. The Hall–Kier alpha value is -1.46. The van der Waals surface area contributed by atoms with Gasteiger partial charge < -0.3 is 15.1 Å². The Balaban J connectivity index is 2.41. The Bertz CT molecular complexity index is 324. The molecule has 0 fully saturated rings. The monoisotopic (exact) mass is 238 g/mol. The van der Waals surface area contributed by atoms with Gasteiger partial charge >= 0.3 is 0 Å². The standard InChI is InChI=1S/C12H18N2O3/c15-9-7-14(8-10-16)12(17)5-4-11-3-1-2-6-13-11/h1-3,6,15-16H,4-5,7-10H2. The lowest BCUT2D eigenvalue weighted by Crippen LogP contribution is -2.36. The zero-order valence-corrected chi connectivity index (χ0v) is 9.75. The molecule has 1 aromatic heterocycles. The van der Waals surface area contributed by atoms with E-state index in [2.05, 4.69) is 4.98 Å². The van der Waals surface area contributed by atoms with Crippen molar-refractivity contribution in [3.63, 3.8) is 0 Å². The van der Waals surface area contributed by atoms with Crippen LogP contribution in [0.25, 0.3) is 0 Å². The fourth-order valence-electron chi connectivity index (χ4n) is 1.54. The molecule has 0 aliphatic rings. The fraction of sp³-hybridized carbons (Fsp3) is 0.500. The molecule has 0 radical (unpaired) electrons. The van der Waals surface area contributed by atoms with Gasteiger partial charge in [0.05, 0.1) is 13.2 Å². The van der Waals surface area contributed by atoms with Crippen molar-refractivity contribution in [2.24, 2.45) is 0 Å². The molecule has 5 heteroatoms. The summed E-state index contributed by atoms with van der Waals surface area (Å²) < 4.78 is 0. The van der Waals surface area contributed by atoms with Gasteiger partial charge in [-0.2, -0.15) is 0 Å². The van der Waals surface area contributed by atoms with Gasteiger partial charge in [-0.15, -0.1) is 0 Å². The van der Waals surface area contributed by atoms with Crippen LogP contribution in [0.5, 0.6) is 0 Å². The first-order valence-electron chi connectivity index (χ1n) is 5.67.